The Labute approximate surface area is 105 Å². The van der Waals surface area contributed by atoms with Gasteiger partial charge in [0, 0.05) is 0 Å². The number of rotatable bonds is 2. The number of fused-ring (bicyclic) bond motifs is 1. The molecular weight excluding hydrogens is 279 g/mol. The first kappa shape index (κ1) is 10.8. The van der Waals surface area contributed by atoms with Gasteiger partial charge >= 0.3 is 105 Å². The number of nitrogens with zero attached hydrogens (tertiary/aromatic N) is 2. The van der Waals surface area contributed by atoms with Gasteiger partial charge in [0.25, 0.3) is 0 Å². The number of aliphatic hydroxyl groups is 1. The van der Waals surface area contributed by atoms with Crippen molar-refractivity contribution in [1.29, 1.82) is 0 Å². The molecule has 2 aromatic heterocycles. The monoisotopic (exact) mass is 292 g/mol. The minimum absolute atomic E-state index is 0.157. The van der Waals surface area contributed by atoms with E-state index in [1.165, 1.54) is 4.44 Å². The Morgan fingerprint density at radius 1 is 1.24 bits per heavy atom. The van der Waals surface area contributed by atoms with Crippen molar-refractivity contribution in [2.75, 3.05) is 0 Å². The van der Waals surface area contributed by atoms with Gasteiger partial charge in [0.1, 0.15) is 0 Å². The zero-order chi connectivity index (χ0) is 11.8. The molecule has 0 fully saturated rings. The van der Waals surface area contributed by atoms with Crippen molar-refractivity contribution in [2.45, 2.75) is 6.61 Å². The predicted molar refractivity (Wildman–Crippen MR) is 69.0 cm³/mol. The average Bonchev–Trinajstić information content (AvgIpc) is 2.95. The minimum atomic E-state index is 0.157. The number of para-hydroxylation sites is 2. The van der Waals surface area contributed by atoms with Crippen LogP contribution in [0.4, 0.5) is 0 Å². The zero-order valence-corrected chi connectivity index (χ0v) is 11.1. The molecule has 0 saturated carbocycles. The van der Waals surface area contributed by atoms with Crippen LogP contribution in [-0.2, 0) is 13.7 Å². The van der Waals surface area contributed by atoms with E-state index < -0.39 is 0 Å². The standard InChI is InChI=1S/C13H12N2OSe/c1-15-11-5-3-2-4-10(11)14-13(15)12-7-6-9(8-16)17-12/h2-7,16H,8H2,1H3. The van der Waals surface area contributed by atoms with Crippen molar-refractivity contribution < 1.29 is 5.11 Å². The third-order valence-electron chi connectivity index (χ3n) is 2.83. The summed E-state index contributed by atoms with van der Waals surface area (Å²) in [6.45, 7) is 0.157. The van der Waals surface area contributed by atoms with Gasteiger partial charge in [-0.2, -0.15) is 0 Å². The van der Waals surface area contributed by atoms with Crippen LogP contribution in [0.5, 0.6) is 0 Å². The van der Waals surface area contributed by atoms with E-state index in [1.54, 1.807) is 0 Å². The van der Waals surface area contributed by atoms with E-state index in [-0.39, 0.29) is 21.1 Å². The van der Waals surface area contributed by atoms with Crippen LogP contribution >= 0.6 is 0 Å². The molecular formula is C13H12N2OSe. The van der Waals surface area contributed by atoms with Gasteiger partial charge in [-0.3, -0.25) is 0 Å². The molecule has 3 rings (SSSR count). The van der Waals surface area contributed by atoms with Crippen LogP contribution in [0.1, 0.15) is 4.44 Å². The van der Waals surface area contributed by atoms with Crippen LogP contribution in [0.3, 0.4) is 0 Å². The fourth-order valence-electron chi connectivity index (χ4n) is 1.95. The van der Waals surface area contributed by atoms with Crippen molar-refractivity contribution in [3.05, 3.63) is 40.8 Å². The Morgan fingerprint density at radius 3 is 2.76 bits per heavy atom. The molecule has 0 saturated heterocycles. The molecule has 0 amide bonds. The molecule has 3 nitrogen and oxygen atoms in total. The Kier molecular flexibility index (Phi) is 2.63. The Balaban J connectivity index is 2.20. The molecule has 2 heterocycles. The molecule has 86 valence electrons. The summed E-state index contributed by atoms with van der Waals surface area (Å²) in [5.74, 6) is 1.02. The van der Waals surface area contributed by atoms with Crippen molar-refractivity contribution in [2.24, 2.45) is 7.05 Å². The first-order valence-electron chi connectivity index (χ1n) is 5.41. The maximum atomic E-state index is 9.13. The van der Waals surface area contributed by atoms with E-state index in [2.05, 4.69) is 21.7 Å². The van der Waals surface area contributed by atoms with Gasteiger partial charge in [-0.15, -0.1) is 0 Å². The molecule has 1 N–H and O–H groups in total. The summed E-state index contributed by atoms with van der Waals surface area (Å²) >= 11 is 0.212. The summed E-state index contributed by atoms with van der Waals surface area (Å²) < 4.78 is 4.47. The van der Waals surface area contributed by atoms with Crippen LogP contribution in [-0.4, -0.2) is 29.2 Å². The van der Waals surface area contributed by atoms with Gasteiger partial charge in [0.2, 0.25) is 0 Å². The fourth-order valence-corrected chi connectivity index (χ4v) is 3.82. The molecule has 0 atom stereocenters. The quantitative estimate of drug-likeness (QED) is 0.731. The second-order valence-corrected chi connectivity index (χ2v) is 6.36. The van der Waals surface area contributed by atoms with Crippen LogP contribution in [0.15, 0.2) is 36.4 Å². The van der Waals surface area contributed by atoms with Crippen LogP contribution in [0.2, 0.25) is 0 Å². The van der Waals surface area contributed by atoms with Crippen LogP contribution < -0.4 is 0 Å². The Hall–Kier alpha value is -1.35. The van der Waals surface area contributed by atoms with Gasteiger partial charge in [-0.1, -0.05) is 0 Å². The summed E-state index contributed by atoms with van der Waals surface area (Å²) in [4.78, 5) is 4.66. The van der Waals surface area contributed by atoms with Crippen LogP contribution in [0, 0.1) is 0 Å². The Morgan fingerprint density at radius 2 is 2.06 bits per heavy atom. The van der Waals surface area contributed by atoms with E-state index in [9.17, 15) is 0 Å². The fraction of sp³-hybridized carbons (Fsp3) is 0.154. The van der Waals surface area contributed by atoms with Crippen molar-refractivity contribution in [3.8, 4) is 10.3 Å². The zero-order valence-electron chi connectivity index (χ0n) is 9.42. The summed E-state index contributed by atoms with van der Waals surface area (Å²) in [5.41, 5.74) is 2.18. The number of hydrogen-bond donors (Lipinski definition) is 1. The van der Waals surface area contributed by atoms with Crippen molar-refractivity contribution in [3.63, 3.8) is 0 Å². The average molecular weight is 291 g/mol. The summed E-state index contributed by atoms with van der Waals surface area (Å²) in [6, 6.07) is 12.2. The molecule has 0 bridgehead atoms. The number of hydrogen-bond acceptors (Lipinski definition) is 2. The van der Waals surface area contributed by atoms with E-state index in [0.29, 0.717) is 0 Å². The van der Waals surface area contributed by atoms with E-state index in [1.807, 2.05) is 31.3 Å². The Bertz CT molecular complexity index is 669. The molecule has 0 aliphatic rings. The first-order chi connectivity index (χ1) is 8.29. The SMILES string of the molecule is Cn1c(-c2ccc(CO)[se]2)nc2ccccc21. The summed E-state index contributed by atoms with van der Waals surface area (Å²) in [7, 11) is 2.04. The first-order valence-corrected chi connectivity index (χ1v) is 7.12. The number of imidazole rings is 1. The van der Waals surface area contributed by atoms with Crippen molar-refractivity contribution in [1.82, 2.24) is 9.55 Å². The third kappa shape index (κ3) is 1.75. The van der Waals surface area contributed by atoms with Gasteiger partial charge in [-0.25, -0.2) is 0 Å². The number of aryl methyl sites for hydroxylation is 1. The van der Waals surface area contributed by atoms with Gasteiger partial charge in [-0.05, 0) is 0 Å². The molecule has 0 radical (unpaired) electrons. The molecule has 3 aromatic rings. The summed E-state index contributed by atoms with van der Waals surface area (Å²) in [5, 5.41) is 9.13. The second-order valence-electron chi connectivity index (χ2n) is 3.91. The van der Waals surface area contributed by atoms with Gasteiger partial charge in [0.15, 0.2) is 0 Å². The van der Waals surface area contributed by atoms with E-state index in [4.69, 9.17) is 5.11 Å². The molecule has 0 aliphatic heterocycles. The molecule has 0 unspecified atom stereocenters. The van der Waals surface area contributed by atoms with Gasteiger partial charge in [0.05, 0.1) is 0 Å². The number of aromatic nitrogens is 2. The number of benzene rings is 1. The van der Waals surface area contributed by atoms with Crippen LogP contribution in [0.25, 0.3) is 21.3 Å². The second kappa shape index (κ2) is 4.15. The topological polar surface area (TPSA) is 38.0 Å². The molecule has 0 spiro atoms. The summed E-state index contributed by atoms with van der Waals surface area (Å²) in [6.07, 6.45) is 0. The van der Waals surface area contributed by atoms with E-state index in [0.717, 1.165) is 21.3 Å². The molecule has 4 heteroatoms. The third-order valence-corrected chi connectivity index (χ3v) is 5.06. The predicted octanol–water partition coefficient (Wildman–Crippen LogP) is 1.79. The normalized spacial score (nSPS) is 11.2. The van der Waals surface area contributed by atoms with E-state index >= 15 is 0 Å². The van der Waals surface area contributed by atoms with Gasteiger partial charge < -0.3 is 0 Å². The van der Waals surface area contributed by atoms with Crippen molar-refractivity contribution >= 4 is 25.5 Å². The maximum absolute atomic E-state index is 9.13. The molecule has 1 aromatic carbocycles. The number of aliphatic hydroxyl groups excluding tert-OH is 1. The molecule has 17 heavy (non-hydrogen) atoms. The molecule has 0 aliphatic carbocycles.